The summed E-state index contributed by atoms with van der Waals surface area (Å²) in [7, 11) is -0.841. The summed E-state index contributed by atoms with van der Waals surface area (Å²) in [5.74, 6) is 0.818. The van der Waals surface area contributed by atoms with Crippen LogP contribution in [0, 0.1) is 0 Å². The van der Waals surface area contributed by atoms with E-state index in [0.717, 1.165) is 0 Å². The Morgan fingerprint density at radius 2 is 2.10 bits per heavy atom. The highest BCUT2D eigenvalue weighted by molar-refractivity contribution is 7.98. The Bertz CT molecular complexity index is 563. The minimum atomic E-state index is -3.71. The zero-order valence-electron chi connectivity index (χ0n) is 11.6. The van der Waals surface area contributed by atoms with Gasteiger partial charge >= 0.3 is 0 Å². The molecule has 1 N–H and O–H groups in total. The van der Waals surface area contributed by atoms with Crippen molar-refractivity contribution in [3.05, 3.63) is 22.7 Å². The van der Waals surface area contributed by atoms with Crippen molar-refractivity contribution in [1.29, 1.82) is 0 Å². The molecule has 1 aromatic rings. The van der Waals surface area contributed by atoms with Gasteiger partial charge in [-0.3, -0.25) is 0 Å². The fraction of sp³-hybridized carbons (Fsp3) is 0.500. The molecule has 0 aliphatic heterocycles. The minimum Gasteiger partial charge on any atom is -0.495 e. The Hall–Kier alpha value is -0.470. The van der Waals surface area contributed by atoms with Crippen molar-refractivity contribution in [3.8, 4) is 5.75 Å². The van der Waals surface area contributed by atoms with Crippen LogP contribution in [-0.4, -0.2) is 50.5 Å². The Morgan fingerprint density at radius 3 is 2.60 bits per heavy atom. The molecule has 0 bridgehead atoms. The molecule has 0 radical (unpaired) electrons. The summed E-state index contributed by atoms with van der Waals surface area (Å²) in [6, 6.07) is 2.83. The van der Waals surface area contributed by atoms with Gasteiger partial charge in [-0.2, -0.15) is 16.1 Å². The number of ether oxygens (including phenoxy) is 1. The van der Waals surface area contributed by atoms with Gasteiger partial charge in [0, 0.05) is 29.9 Å². The molecule has 0 heterocycles. The average Bonchev–Trinajstić information content (AvgIpc) is 2.43. The van der Waals surface area contributed by atoms with Gasteiger partial charge in [0.1, 0.15) is 10.6 Å². The third kappa shape index (κ3) is 3.79. The van der Waals surface area contributed by atoms with E-state index in [-0.39, 0.29) is 22.3 Å². The molecule has 0 aliphatic rings. The molecule has 1 aromatic carbocycles. The molecular weight excluding hydrogens is 322 g/mol. The number of rotatable bonds is 7. The highest BCUT2D eigenvalue weighted by atomic mass is 35.5. The summed E-state index contributed by atoms with van der Waals surface area (Å²) in [5.41, 5.74) is 0.344. The molecule has 0 fully saturated rings. The SMILES string of the molecule is COc1c(CO)cc(Cl)cc1S(=O)(=O)N(C)CCSC. The van der Waals surface area contributed by atoms with Crippen LogP contribution >= 0.6 is 23.4 Å². The van der Waals surface area contributed by atoms with E-state index in [1.165, 1.54) is 30.6 Å². The molecule has 114 valence electrons. The van der Waals surface area contributed by atoms with Crippen molar-refractivity contribution in [1.82, 2.24) is 4.31 Å². The second-order valence-electron chi connectivity index (χ2n) is 4.07. The highest BCUT2D eigenvalue weighted by Crippen LogP contribution is 2.33. The number of aliphatic hydroxyl groups is 1. The molecule has 1 rings (SSSR count). The Morgan fingerprint density at radius 1 is 1.45 bits per heavy atom. The molecule has 0 aliphatic carbocycles. The van der Waals surface area contributed by atoms with E-state index in [9.17, 15) is 13.5 Å². The van der Waals surface area contributed by atoms with Crippen LogP contribution in [0.4, 0.5) is 0 Å². The molecule has 0 aromatic heterocycles. The van der Waals surface area contributed by atoms with Gasteiger partial charge in [0.15, 0.2) is 0 Å². The fourth-order valence-electron chi connectivity index (χ4n) is 1.67. The van der Waals surface area contributed by atoms with Crippen molar-refractivity contribution >= 4 is 33.4 Å². The third-order valence-corrected chi connectivity index (χ3v) is 5.44. The number of aliphatic hydroxyl groups excluding tert-OH is 1. The average molecular weight is 340 g/mol. The number of hydrogen-bond acceptors (Lipinski definition) is 5. The maximum atomic E-state index is 12.5. The smallest absolute Gasteiger partial charge is 0.246 e. The van der Waals surface area contributed by atoms with E-state index in [1.807, 2.05) is 6.26 Å². The number of hydrogen-bond donors (Lipinski definition) is 1. The first-order valence-electron chi connectivity index (χ1n) is 5.81. The zero-order valence-corrected chi connectivity index (χ0v) is 14.0. The number of halogens is 1. The van der Waals surface area contributed by atoms with Crippen LogP contribution < -0.4 is 4.74 Å². The van der Waals surface area contributed by atoms with E-state index in [2.05, 4.69) is 0 Å². The molecule has 8 heteroatoms. The lowest BCUT2D eigenvalue weighted by atomic mass is 10.2. The summed E-state index contributed by atoms with van der Waals surface area (Å²) in [6.07, 6.45) is 1.91. The summed E-state index contributed by atoms with van der Waals surface area (Å²) in [5, 5.41) is 9.54. The van der Waals surface area contributed by atoms with Crippen LogP contribution in [0.3, 0.4) is 0 Å². The summed E-state index contributed by atoms with van der Waals surface area (Å²) in [6.45, 7) is 0.0361. The third-order valence-electron chi connectivity index (χ3n) is 2.77. The van der Waals surface area contributed by atoms with Gasteiger partial charge in [0.25, 0.3) is 0 Å². The van der Waals surface area contributed by atoms with Gasteiger partial charge in [-0.05, 0) is 18.4 Å². The number of thioether (sulfide) groups is 1. The van der Waals surface area contributed by atoms with Crippen LogP contribution in [0.5, 0.6) is 5.75 Å². The van der Waals surface area contributed by atoms with Crippen molar-refractivity contribution in [2.75, 3.05) is 32.7 Å². The Labute approximate surface area is 128 Å². The van der Waals surface area contributed by atoms with Gasteiger partial charge in [0.2, 0.25) is 10.0 Å². The first-order valence-corrected chi connectivity index (χ1v) is 9.02. The highest BCUT2D eigenvalue weighted by Gasteiger charge is 2.26. The van der Waals surface area contributed by atoms with Crippen molar-refractivity contribution < 1.29 is 18.3 Å². The fourth-order valence-corrected chi connectivity index (χ4v) is 3.94. The normalized spacial score (nSPS) is 11.9. The maximum Gasteiger partial charge on any atom is 0.246 e. The zero-order chi connectivity index (χ0) is 15.3. The van der Waals surface area contributed by atoms with E-state index >= 15 is 0 Å². The lowest BCUT2D eigenvalue weighted by Gasteiger charge is -2.20. The summed E-state index contributed by atoms with van der Waals surface area (Å²) < 4.78 is 31.5. The van der Waals surface area contributed by atoms with Crippen LogP contribution in [0.2, 0.25) is 5.02 Å². The molecule has 0 saturated heterocycles. The monoisotopic (exact) mass is 339 g/mol. The number of sulfonamides is 1. The van der Waals surface area contributed by atoms with Crippen LogP contribution in [0.25, 0.3) is 0 Å². The second kappa shape index (κ2) is 7.51. The number of benzene rings is 1. The number of nitrogens with zero attached hydrogens (tertiary/aromatic N) is 1. The lowest BCUT2D eigenvalue weighted by Crippen LogP contribution is -2.29. The number of methoxy groups -OCH3 is 1. The largest absolute Gasteiger partial charge is 0.495 e. The molecule has 0 spiro atoms. The predicted molar refractivity (Wildman–Crippen MR) is 82.1 cm³/mol. The quantitative estimate of drug-likeness (QED) is 0.820. The second-order valence-corrected chi connectivity index (χ2v) is 7.51. The molecule has 0 atom stereocenters. The molecular formula is C12H18ClNO4S2. The predicted octanol–water partition coefficient (Wildman–Crippen LogP) is 1.82. The van der Waals surface area contributed by atoms with Crippen molar-refractivity contribution in [2.45, 2.75) is 11.5 Å². The molecule has 5 nitrogen and oxygen atoms in total. The summed E-state index contributed by atoms with van der Waals surface area (Å²) in [4.78, 5) is -0.0276. The van der Waals surface area contributed by atoms with Gasteiger partial charge in [-0.15, -0.1) is 0 Å². The lowest BCUT2D eigenvalue weighted by molar-refractivity contribution is 0.272. The molecule has 0 saturated carbocycles. The first kappa shape index (κ1) is 17.6. The summed E-state index contributed by atoms with van der Waals surface area (Å²) >= 11 is 7.48. The standard InChI is InChI=1S/C12H18ClNO4S2/c1-14(4-5-19-3)20(16,17)11-7-10(13)6-9(8-15)12(11)18-2/h6-7,15H,4-5,8H2,1-3H3. The van der Waals surface area contributed by atoms with Crippen molar-refractivity contribution in [3.63, 3.8) is 0 Å². The molecule has 0 unspecified atom stereocenters. The Balaban J connectivity index is 3.33. The van der Waals surface area contributed by atoms with Gasteiger partial charge in [0.05, 0.1) is 13.7 Å². The van der Waals surface area contributed by atoms with E-state index < -0.39 is 10.0 Å². The molecule has 0 amide bonds. The van der Waals surface area contributed by atoms with Gasteiger partial charge < -0.3 is 9.84 Å². The topological polar surface area (TPSA) is 66.8 Å². The van der Waals surface area contributed by atoms with E-state index in [4.69, 9.17) is 16.3 Å². The van der Waals surface area contributed by atoms with Crippen LogP contribution in [0.1, 0.15) is 5.56 Å². The Kier molecular flexibility index (Phi) is 6.60. The van der Waals surface area contributed by atoms with Gasteiger partial charge in [-0.1, -0.05) is 11.6 Å². The van der Waals surface area contributed by atoms with E-state index in [1.54, 1.807) is 11.8 Å². The van der Waals surface area contributed by atoms with E-state index in [0.29, 0.717) is 17.9 Å². The van der Waals surface area contributed by atoms with Gasteiger partial charge in [-0.25, -0.2) is 8.42 Å². The van der Waals surface area contributed by atoms with Crippen LogP contribution in [-0.2, 0) is 16.6 Å². The first-order chi connectivity index (χ1) is 9.38. The van der Waals surface area contributed by atoms with Crippen LogP contribution in [0.15, 0.2) is 17.0 Å². The molecule has 20 heavy (non-hydrogen) atoms. The maximum absolute atomic E-state index is 12.5. The van der Waals surface area contributed by atoms with Crippen molar-refractivity contribution in [2.24, 2.45) is 0 Å². The minimum absolute atomic E-state index is 0.0276.